The van der Waals surface area contributed by atoms with Gasteiger partial charge in [-0.05, 0) is 37.6 Å². The van der Waals surface area contributed by atoms with Crippen LogP contribution in [0.15, 0.2) is 24.5 Å². The van der Waals surface area contributed by atoms with Crippen LogP contribution in [0.2, 0.25) is 0 Å². The van der Waals surface area contributed by atoms with Crippen LogP contribution in [0.5, 0.6) is 0 Å². The van der Waals surface area contributed by atoms with Gasteiger partial charge in [0, 0.05) is 31.9 Å². The summed E-state index contributed by atoms with van der Waals surface area (Å²) in [7, 11) is 2.10. The molecule has 1 fully saturated rings. The Morgan fingerprint density at radius 2 is 1.93 bits per heavy atom. The van der Waals surface area contributed by atoms with E-state index in [1.165, 1.54) is 5.56 Å². The maximum absolute atomic E-state index is 10.4. The van der Waals surface area contributed by atoms with Gasteiger partial charge in [0.2, 0.25) is 0 Å². The third-order valence-corrected chi connectivity index (χ3v) is 3.20. The lowest BCUT2D eigenvalue weighted by Gasteiger charge is -2.36. The largest absolute Gasteiger partial charge is 0.389 e. The van der Waals surface area contributed by atoms with Crippen LogP contribution in [-0.2, 0) is 6.42 Å². The Hall–Kier alpha value is -0.930. The first-order chi connectivity index (χ1) is 7.18. The van der Waals surface area contributed by atoms with Crippen molar-refractivity contribution in [1.29, 1.82) is 0 Å². The zero-order valence-electron chi connectivity index (χ0n) is 9.19. The van der Waals surface area contributed by atoms with Crippen LogP contribution in [0, 0.1) is 0 Å². The number of hydrogen-bond donors (Lipinski definition) is 1. The summed E-state index contributed by atoms with van der Waals surface area (Å²) in [6, 6.07) is 3.96. The SMILES string of the molecule is CN1CCC(O)(Cc2ccncc2)CC1. The van der Waals surface area contributed by atoms with Gasteiger partial charge in [-0.15, -0.1) is 0 Å². The summed E-state index contributed by atoms with van der Waals surface area (Å²) in [4.78, 5) is 6.25. The zero-order valence-corrected chi connectivity index (χ0v) is 9.19. The van der Waals surface area contributed by atoms with Gasteiger partial charge in [-0.1, -0.05) is 0 Å². The van der Waals surface area contributed by atoms with Crippen LogP contribution in [0.4, 0.5) is 0 Å². The highest BCUT2D eigenvalue weighted by atomic mass is 16.3. The summed E-state index contributed by atoms with van der Waals surface area (Å²) in [5, 5.41) is 10.4. The molecule has 82 valence electrons. The lowest BCUT2D eigenvalue weighted by molar-refractivity contribution is -0.0150. The quantitative estimate of drug-likeness (QED) is 0.786. The Bertz CT molecular complexity index is 305. The highest BCUT2D eigenvalue weighted by molar-refractivity contribution is 5.13. The first-order valence-corrected chi connectivity index (χ1v) is 5.48. The summed E-state index contributed by atoms with van der Waals surface area (Å²) in [6.07, 6.45) is 6.06. The molecule has 0 unspecified atom stereocenters. The lowest BCUT2D eigenvalue weighted by Crippen LogP contribution is -2.44. The second-order valence-electron chi connectivity index (χ2n) is 4.56. The molecule has 0 saturated carbocycles. The highest BCUT2D eigenvalue weighted by Crippen LogP contribution is 2.25. The van der Waals surface area contributed by atoms with Crippen molar-refractivity contribution in [2.45, 2.75) is 24.9 Å². The number of piperidine rings is 1. The van der Waals surface area contributed by atoms with Crippen LogP contribution in [-0.4, -0.2) is 40.7 Å². The van der Waals surface area contributed by atoms with E-state index in [2.05, 4.69) is 16.9 Å². The average molecular weight is 206 g/mol. The molecule has 2 rings (SSSR count). The molecule has 1 aromatic rings. The molecule has 0 radical (unpaired) electrons. The minimum Gasteiger partial charge on any atom is -0.389 e. The van der Waals surface area contributed by atoms with Crippen molar-refractivity contribution in [3.8, 4) is 0 Å². The van der Waals surface area contributed by atoms with E-state index >= 15 is 0 Å². The molecule has 1 saturated heterocycles. The van der Waals surface area contributed by atoms with E-state index in [4.69, 9.17) is 0 Å². The molecule has 0 atom stereocenters. The van der Waals surface area contributed by atoms with Gasteiger partial charge in [0.15, 0.2) is 0 Å². The van der Waals surface area contributed by atoms with Crippen molar-refractivity contribution in [3.63, 3.8) is 0 Å². The number of aliphatic hydroxyl groups is 1. The van der Waals surface area contributed by atoms with E-state index in [1.807, 2.05) is 12.1 Å². The van der Waals surface area contributed by atoms with E-state index in [9.17, 15) is 5.11 Å². The molecule has 3 nitrogen and oxygen atoms in total. The van der Waals surface area contributed by atoms with E-state index < -0.39 is 5.60 Å². The van der Waals surface area contributed by atoms with Crippen LogP contribution >= 0.6 is 0 Å². The maximum atomic E-state index is 10.4. The van der Waals surface area contributed by atoms with Crippen molar-refractivity contribution in [1.82, 2.24) is 9.88 Å². The minimum absolute atomic E-state index is 0.506. The molecule has 0 spiro atoms. The molecule has 0 bridgehead atoms. The number of rotatable bonds is 2. The van der Waals surface area contributed by atoms with Gasteiger partial charge in [-0.3, -0.25) is 4.98 Å². The summed E-state index contributed by atoms with van der Waals surface area (Å²) in [5.74, 6) is 0. The normalized spacial score (nSPS) is 21.5. The third-order valence-electron chi connectivity index (χ3n) is 3.20. The standard InChI is InChI=1S/C12H18N2O/c1-14-8-4-12(15,5-9-14)10-11-2-6-13-7-3-11/h2-3,6-7,15H,4-5,8-10H2,1H3. The van der Waals surface area contributed by atoms with Crippen LogP contribution in [0.25, 0.3) is 0 Å². The van der Waals surface area contributed by atoms with Crippen LogP contribution in [0.1, 0.15) is 18.4 Å². The molecule has 15 heavy (non-hydrogen) atoms. The van der Waals surface area contributed by atoms with Gasteiger partial charge in [0.1, 0.15) is 0 Å². The van der Waals surface area contributed by atoms with Crippen molar-refractivity contribution in [3.05, 3.63) is 30.1 Å². The highest BCUT2D eigenvalue weighted by Gasteiger charge is 2.30. The summed E-state index contributed by atoms with van der Waals surface area (Å²) < 4.78 is 0. The molecule has 1 aliphatic heterocycles. The fourth-order valence-corrected chi connectivity index (χ4v) is 2.09. The zero-order chi connectivity index (χ0) is 10.7. The van der Waals surface area contributed by atoms with Gasteiger partial charge >= 0.3 is 0 Å². The molecule has 0 aromatic carbocycles. The van der Waals surface area contributed by atoms with Gasteiger partial charge in [0.25, 0.3) is 0 Å². The van der Waals surface area contributed by atoms with Gasteiger partial charge in [-0.25, -0.2) is 0 Å². The molecular formula is C12H18N2O. The number of nitrogens with zero attached hydrogens (tertiary/aromatic N) is 2. The summed E-state index contributed by atoms with van der Waals surface area (Å²) in [5.41, 5.74) is 0.672. The van der Waals surface area contributed by atoms with E-state index in [0.29, 0.717) is 0 Å². The second-order valence-corrected chi connectivity index (χ2v) is 4.56. The van der Waals surface area contributed by atoms with Crippen molar-refractivity contribution in [2.24, 2.45) is 0 Å². The van der Waals surface area contributed by atoms with Crippen molar-refractivity contribution in [2.75, 3.05) is 20.1 Å². The first kappa shape index (κ1) is 10.6. The predicted molar refractivity (Wildman–Crippen MR) is 59.6 cm³/mol. The molecular weight excluding hydrogens is 188 g/mol. The van der Waals surface area contributed by atoms with Gasteiger partial charge in [-0.2, -0.15) is 0 Å². The summed E-state index contributed by atoms with van der Waals surface area (Å²) in [6.45, 7) is 1.98. The van der Waals surface area contributed by atoms with Crippen LogP contribution < -0.4 is 0 Å². The number of likely N-dealkylation sites (tertiary alicyclic amines) is 1. The maximum Gasteiger partial charge on any atom is 0.0712 e. The Labute approximate surface area is 90.8 Å². The minimum atomic E-state index is -0.506. The molecule has 1 N–H and O–H groups in total. The monoisotopic (exact) mass is 206 g/mol. The smallest absolute Gasteiger partial charge is 0.0712 e. The molecule has 1 aromatic heterocycles. The number of pyridine rings is 1. The predicted octanol–water partition coefficient (Wildman–Crippen LogP) is 1.08. The van der Waals surface area contributed by atoms with Gasteiger partial charge in [0.05, 0.1) is 5.60 Å². The fourth-order valence-electron chi connectivity index (χ4n) is 2.09. The molecule has 1 aliphatic rings. The molecule has 0 aliphatic carbocycles. The van der Waals surface area contributed by atoms with Gasteiger partial charge < -0.3 is 10.0 Å². The lowest BCUT2D eigenvalue weighted by atomic mass is 9.86. The van der Waals surface area contributed by atoms with E-state index in [0.717, 1.165) is 32.4 Å². The molecule has 0 amide bonds. The third kappa shape index (κ3) is 2.76. The van der Waals surface area contributed by atoms with E-state index in [-0.39, 0.29) is 0 Å². The Kier molecular flexibility index (Phi) is 3.03. The number of aromatic nitrogens is 1. The second kappa shape index (κ2) is 4.29. The first-order valence-electron chi connectivity index (χ1n) is 5.48. The Morgan fingerprint density at radius 1 is 1.33 bits per heavy atom. The Morgan fingerprint density at radius 3 is 2.53 bits per heavy atom. The fraction of sp³-hybridized carbons (Fsp3) is 0.583. The molecule has 3 heteroatoms. The molecule has 2 heterocycles. The average Bonchev–Trinajstić information content (AvgIpc) is 2.24. The topological polar surface area (TPSA) is 36.4 Å². The summed E-state index contributed by atoms with van der Waals surface area (Å²) >= 11 is 0. The van der Waals surface area contributed by atoms with Crippen LogP contribution in [0.3, 0.4) is 0 Å². The van der Waals surface area contributed by atoms with Crippen molar-refractivity contribution < 1.29 is 5.11 Å². The van der Waals surface area contributed by atoms with E-state index in [1.54, 1.807) is 12.4 Å². The number of hydrogen-bond acceptors (Lipinski definition) is 3. The van der Waals surface area contributed by atoms with Crippen molar-refractivity contribution >= 4 is 0 Å². The Balaban J connectivity index is 1.99.